The van der Waals surface area contributed by atoms with E-state index in [1.54, 1.807) is 0 Å². The molecule has 10 heteroatoms. The first-order valence-corrected chi connectivity index (χ1v) is 9.42. The lowest BCUT2D eigenvalue weighted by Crippen LogP contribution is -2.38. The molecular formula is C15H21F3IN3O2S. The van der Waals surface area contributed by atoms with Gasteiger partial charge < -0.3 is 11.1 Å². The number of nitrogens with one attached hydrogen (secondary N) is 1. The molecule has 1 saturated carbocycles. The quantitative estimate of drug-likeness (QED) is 0.385. The summed E-state index contributed by atoms with van der Waals surface area (Å²) in [6.45, 7) is -0.127. The van der Waals surface area contributed by atoms with Crippen molar-refractivity contribution in [1.82, 2.24) is 5.32 Å². The van der Waals surface area contributed by atoms with Crippen molar-refractivity contribution in [2.75, 3.05) is 6.26 Å². The van der Waals surface area contributed by atoms with Gasteiger partial charge in [0, 0.05) is 12.3 Å². The van der Waals surface area contributed by atoms with E-state index in [2.05, 4.69) is 10.3 Å². The number of nitrogens with zero attached hydrogens (tertiary/aromatic N) is 1. The SMILES string of the molecule is CS(=O)(=O)c1cc(CN=C(N)NC2CCCC2)cc(C(F)(F)F)c1.I. The Bertz CT molecular complexity index is 730. The molecule has 0 saturated heterocycles. The maximum absolute atomic E-state index is 12.9. The summed E-state index contributed by atoms with van der Waals surface area (Å²) < 4.78 is 62.0. The van der Waals surface area contributed by atoms with Crippen LogP contribution in [0.25, 0.3) is 0 Å². The van der Waals surface area contributed by atoms with E-state index >= 15 is 0 Å². The summed E-state index contributed by atoms with van der Waals surface area (Å²) in [6.07, 6.45) is 0.418. The molecule has 1 aromatic rings. The second kappa shape index (κ2) is 8.56. The van der Waals surface area contributed by atoms with Crippen LogP contribution in [0.5, 0.6) is 0 Å². The van der Waals surface area contributed by atoms with Gasteiger partial charge in [-0.3, -0.25) is 0 Å². The Morgan fingerprint density at radius 3 is 2.40 bits per heavy atom. The molecule has 0 atom stereocenters. The van der Waals surface area contributed by atoms with E-state index in [9.17, 15) is 21.6 Å². The van der Waals surface area contributed by atoms with E-state index in [0.29, 0.717) is 6.07 Å². The lowest BCUT2D eigenvalue weighted by Gasteiger charge is -2.13. The van der Waals surface area contributed by atoms with Crippen LogP contribution in [0.2, 0.25) is 0 Å². The fourth-order valence-corrected chi connectivity index (χ4v) is 3.34. The Morgan fingerprint density at radius 1 is 1.28 bits per heavy atom. The molecular weight excluding hydrogens is 470 g/mol. The monoisotopic (exact) mass is 491 g/mol. The van der Waals surface area contributed by atoms with Crippen molar-refractivity contribution in [2.45, 2.75) is 49.3 Å². The molecule has 25 heavy (non-hydrogen) atoms. The fraction of sp³-hybridized carbons (Fsp3) is 0.533. The summed E-state index contributed by atoms with van der Waals surface area (Å²) >= 11 is 0. The first-order chi connectivity index (χ1) is 11.1. The highest BCUT2D eigenvalue weighted by molar-refractivity contribution is 14.0. The van der Waals surface area contributed by atoms with Gasteiger partial charge in [0.25, 0.3) is 0 Å². The number of hydrogen-bond donors (Lipinski definition) is 2. The predicted molar refractivity (Wildman–Crippen MR) is 101 cm³/mol. The largest absolute Gasteiger partial charge is 0.416 e. The standard InChI is InChI=1S/C15H20F3N3O2S.HI/c1-24(22,23)13-7-10(6-11(8-13)15(16,17)18)9-20-14(19)21-12-4-2-3-5-12;/h6-8,12H,2-5,9H2,1H3,(H3,19,20,21);1H. The topological polar surface area (TPSA) is 84.5 Å². The van der Waals surface area contributed by atoms with Gasteiger partial charge in [-0.15, -0.1) is 24.0 Å². The van der Waals surface area contributed by atoms with Crippen molar-refractivity contribution < 1.29 is 21.6 Å². The molecule has 1 aliphatic carbocycles. The van der Waals surface area contributed by atoms with Crippen LogP contribution in [0.4, 0.5) is 13.2 Å². The average molecular weight is 491 g/mol. The third kappa shape index (κ3) is 6.65. The number of halogens is 4. The molecule has 0 bridgehead atoms. The Morgan fingerprint density at radius 2 is 1.88 bits per heavy atom. The highest BCUT2D eigenvalue weighted by Crippen LogP contribution is 2.32. The van der Waals surface area contributed by atoms with E-state index in [1.807, 2.05) is 0 Å². The minimum absolute atomic E-state index is 0. The van der Waals surface area contributed by atoms with Gasteiger partial charge in [0.1, 0.15) is 0 Å². The van der Waals surface area contributed by atoms with Gasteiger partial charge in [0.05, 0.1) is 17.0 Å². The van der Waals surface area contributed by atoms with Gasteiger partial charge in [0.15, 0.2) is 15.8 Å². The summed E-state index contributed by atoms with van der Waals surface area (Å²) in [5.41, 5.74) is 4.87. The van der Waals surface area contributed by atoms with Crippen LogP contribution in [-0.4, -0.2) is 26.7 Å². The van der Waals surface area contributed by atoms with E-state index in [4.69, 9.17) is 5.73 Å². The normalized spacial score (nSPS) is 16.6. The first-order valence-electron chi connectivity index (χ1n) is 7.53. The van der Waals surface area contributed by atoms with E-state index in [-0.39, 0.29) is 53.0 Å². The maximum Gasteiger partial charge on any atom is 0.416 e. The zero-order valence-electron chi connectivity index (χ0n) is 13.6. The van der Waals surface area contributed by atoms with Crippen molar-refractivity contribution in [2.24, 2.45) is 10.7 Å². The Kier molecular flexibility index (Phi) is 7.54. The molecule has 0 heterocycles. The average Bonchev–Trinajstić information content (AvgIpc) is 2.96. The second-order valence-corrected chi connectivity index (χ2v) is 7.98. The summed E-state index contributed by atoms with van der Waals surface area (Å²) in [4.78, 5) is 3.64. The van der Waals surface area contributed by atoms with Crippen molar-refractivity contribution in [1.29, 1.82) is 0 Å². The number of hydrogen-bond acceptors (Lipinski definition) is 3. The number of nitrogens with two attached hydrogens (primary N) is 1. The summed E-state index contributed by atoms with van der Waals surface area (Å²) in [7, 11) is -3.76. The van der Waals surface area contributed by atoms with Gasteiger partial charge in [0.2, 0.25) is 0 Å². The number of aliphatic imine (C=N–C) groups is 1. The third-order valence-corrected chi connectivity index (χ3v) is 4.95. The molecule has 1 fully saturated rings. The molecule has 0 unspecified atom stereocenters. The number of rotatable bonds is 4. The molecule has 0 aromatic heterocycles. The Hall–Kier alpha value is -1.04. The lowest BCUT2D eigenvalue weighted by molar-refractivity contribution is -0.137. The van der Waals surface area contributed by atoms with Gasteiger partial charge >= 0.3 is 6.18 Å². The summed E-state index contributed by atoms with van der Waals surface area (Å²) in [6, 6.07) is 2.95. The van der Waals surface area contributed by atoms with Gasteiger partial charge in [-0.1, -0.05) is 12.8 Å². The molecule has 2 rings (SSSR count). The molecule has 3 N–H and O–H groups in total. The van der Waals surface area contributed by atoms with Gasteiger partial charge in [-0.05, 0) is 36.6 Å². The molecule has 0 radical (unpaired) electrons. The predicted octanol–water partition coefficient (Wildman–Crippen LogP) is 3.07. The number of guanidine groups is 1. The Labute approximate surface area is 162 Å². The van der Waals surface area contributed by atoms with E-state index < -0.39 is 21.6 Å². The van der Waals surface area contributed by atoms with Crippen LogP contribution < -0.4 is 11.1 Å². The third-order valence-electron chi connectivity index (χ3n) is 3.86. The van der Waals surface area contributed by atoms with Gasteiger partial charge in [-0.25, -0.2) is 13.4 Å². The van der Waals surface area contributed by atoms with E-state index in [1.165, 1.54) is 6.07 Å². The minimum Gasteiger partial charge on any atom is -0.370 e. The van der Waals surface area contributed by atoms with Crippen LogP contribution >= 0.6 is 24.0 Å². The molecule has 142 valence electrons. The Balaban J connectivity index is 0.00000312. The van der Waals surface area contributed by atoms with Crippen LogP contribution in [0.15, 0.2) is 28.1 Å². The number of alkyl halides is 3. The molecule has 1 aliphatic rings. The molecule has 0 spiro atoms. The maximum atomic E-state index is 12.9. The minimum atomic E-state index is -4.63. The van der Waals surface area contributed by atoms with Crippen molar-refractivity contribution >= 4 is 39.8 Å². The lowest BCUT2D eigenvalue weighted by atomic mass is 10.1. The highest BCUT2D eigenvalue weighted by atomic mass is 127. The second-order valence-electron chi connectivity index (χ2n) is 5.96. The van der Waals surface area contributed by atoms with Crippen molar-refractivity contribution in [3.63, 3.8) is 0 Å². The van der Waals surface area contributed by atoms with E-state index in [0.717, 1.165) is 38.0 Å². The van der Waals surface area contributed by atoms with Crippen LogP contribution in [0, 0.1) is 0 Å². The number of sulfone groups is 1. The number of benzene rings is 1. The zero-order valence-corrected chi connectivity index (χ0v) is 16.8. The molecule has 1 aromatic carbocycles. The van der Waals surface area contributed by atoms with Crippen LogP contribution in [-0.2, 0) is 22.6 Å². The van der Waals surface area contributed by atoms with Crippen LogP contribution in [0.3, 0.4) is 0 Å². The highest BCUT2D eigenvalue weighted by Gasteiger charge is 2.32. The van der Waals surface area contributed by atoms with Crippen LogP contribution in [0.1, 0.15) is 36.8 Å². The molecule has 5 nitrogen and oxygen atoms in total. The summed E-state index contributed by atoms with van der Waals surface area (Å²) in [5, 5.41) is 3.03. The van der Waals surface area contributed by atoms with Crippen molar-refractivity contribution in [3.05, 3.63) is 29.3 Å². The smallest absolute Gasteiger partial charge is 0.370 e. The zero-order chi connectivity index (χ0) is 18.0. The molecule has 0 amide bonds. The summed E-state index contributed by atoms with van der Waals surface area (Å²) in [5.74, 6) is 0.153. The van der Waals surface area contributed by atoms with Crippen molar-refractivity contribution in [3.8, 4) is 0 Å². The first kappa shape index (κ1) is 22.0. The fourth-order valence-electron chi connectivity index (χ4n) is 2.63. The molecule has 0 aliphatic heterocycles. The van der Waals surface area contributed by atoms with Gasteiger partial charge in [-0.2, -0.15) is 13.2 Å².